The minimum atomic E-state index is -0.332. The van der Waals surface area contributed by atoms with Gasteiger partial charge in [-0.15, -0.1) is 5.10 Å². The molecule has 3 aromatic carbocycles. The molecule has 0 N–H and O–H groups in total. The van der Waals surface area contributed by atoms with E-state index in [1.807, 2.05) is 79.7 Å². The van der Waals surface area contributed by atoms with Crippen LogP contribution >= 0.6 is 27.3 Å². The minimum Gasteiger partial charge on any atom is -0.303 e. The first kappa shape index (κ1) is 20.9. The van der Waals surface area contributed by atoms with Crippen molar-refractivity contribution in [2.45, 2.75) is 13.5 Å². The summed E-state index contributed by atoms with van der Waals surface area (Å²) in [6.45, 7) is 2.43. The Labute approximate surface area is 206 Å². The highest BCUT2D eigenvalue weighted by molar-refractivity contribution is 9.10. The molecule has 0 unspecified atom stereocenters. The van der Waals surface area contributed by atoms with E-state index in [0.29, 0.717) is 27.4 Å². The molecule has 0 aliphatic carbocycles. The first-order valence-electron chi connectivity index (χ1n) is 10.7. The summed E-state index contributed by atoms with van der Waals surface area (Å²) in [5.41, 5.74) is 4.57. The first-order valence-corrected chi connectivity index (χ1v) is 12.3. The van der Waals surface area contributed by atoms with E-state index in [4.69, 9.17) is 0 Å². The average Bonchev–Trinajstić information content (AvgIpc) is 3.46. The van der Waals surface area contributed by atoms with Crippen molar-refractivity contribution in [3.63, 3.8) is 0 Å². The molecule has 0 radical (unpaired) electrons. The van der Waals surface area contributed by atoms with E-state index >= 15 is 0 Å². The topological polar surface area (TPSA) is 67.6 Å². The Bertz CT molecular complexity index is 1690. The van der Waals surface area contributed by atoms with Gasteiger partial charge in [0.2, 0.25) is 4.96 Å². The molecular weight excluding hydrogens is 512 g/mol. The molecule has 6 nitrogen and oxygen atoms in total. The van der Waals surface area contributed by atoms with E-state index in [2.05, 4.69) is 26.0 Å². The highest BCUT2D eigenvalue weighted by Crippen LogP contribution is 2.38. The van der Waals surface area contributed by atoms with Crippen LogP contribution in [0, 0.1) is 6.92 Å². The number of hydrogen-bond donors (Lipinski definition) is 0. The Balaban J connectivity index is 1.52. The van der Waals surface area contributed by atoms with Gasteiger partial charge in [0, 0.05) is 15.6 Å². The van der Waals surface area contributed by atoms with E-state index in [1.165, 1.54) is 15.9 Å². The van der Waals surface area contributed by atoms with Gasteiger partial charge in [0.25, 0.3) is 11.5 Å². The summed E-state index contributed by atoms with van der Waals surface area (Å²) in [6.07, 6.45) is 0. The van der Waals surface area contributed by atoms with Crippen LogP contribution in [-0.2, 0) is 11.3 Å². The van der Waals surface area contributed by atoms with Crippen molar-refractivity contribution >= 4 is 49.4 Å². The van der Waals surface area contributed by atoms with E-state index in [0.717, 1.165) is 32.4 Å². The van der Waals surface area contributed by atoms with Crippen LogP contribution in [0.4, 0.5) is 5.69 Å². The lowest BCUT2D eigenvalue weighted by Crippen LogP contribution is -2.32. The highest BCUT2D eigenvalue weighted by atomic mass is 79.9. The molecule has 1 amide bonds. The number of benzene rings is 3. The van der Waals surface area contributed by atoms with Crippen LogP contribution in [0.15, 0.2) is 82.1 Å². The maximum absolute atomic E-state index is 13.6. The van der Waals surface area contributed by atoms with Gasteiger partial charge in [-0.05, 0) is 30.7 Å². The average molecular weight is 529 g/mol. The lowest BCUT2D eigenvalue weighted by molar-refractivity contribution is -0.113. The van der Waals surface area contributed by atoms with Crippen molar-refractivity contribution in [3.05, 3.63) is 109 Å². The van der Waals surface area contributed by atoms with E-state index < -0.39 is 0 Å². The lowest BCUT2D eigenvalue weighted by Gasteiger charge is -2.17. The van der Waals surface area contributed by atoms with Crippen LogP contribution in [0.5, 0.6) is 0 Å². The van der Waals surface area contributed by atoms with Crippen molar-refractivity contribution < 1.29 is 4.79 Å². The number of hydrogen-bond acceptors (Lipinski definition) is 5. The van der Waals surface area contributed by atoms with E-state index in [9.17, 15) is 9.59 Å². The Morgan fingerprint density at radius 1 is 0.971 bits per heavy atom. The molecule has 0 atom stereocenters. The number of aromatic nitrogens is 3. The van der Waals surface area contributed by atoms with E-state index in [1.54, 1.807) is 4.90 Å². The fraction of sp³-hybridized carbons (Fsp3) is 0.0769. The van der Waals surface area contributed by atoms with Gasteiger partial charge < -0.3 is 4.90 Å². The third-order valence-corrected chi connectivity index (χ3v) is 7.38. The van der Waals surface area contributed by atoms with Gasteiger partial charge in [-0.2, -0.15) is 9.50 Å². The second-order valence-corrected chi connectivity index (χ2v) is 10.0. The number of halogens is 1. The van der Waals surface area contributed by atoms with Crippen molar-refractivity contribution in [2.24, 2.45) is 0 Å². The zero-order valence-corrected chi connectivity index (χ0v) is 20.4. The smallest absolute Gasteiger partial charge is 0.291 e. The van der Waals surface area contributed by atoms with Crippen LogP contribution in [0.25, 0.3) is 21.9 Å². The van der Waals surface area contributed by atoms with Gasteiger partial charge in [0.1, 0.15) is 4.53 Å². The summed E-state index contributed by atoms with van der Waals surface area (Å²) in [7, 11) is 0. The molecule has 0 saturated heterocycles. The number of carbonyl (C=O) groups excluding carboxylic acids is 1. The molecule has 0 bridgehead atoms. The Kier molecular flexibility index (Phi) is 4.93. The molecule has 5 aromatic rings. The standard InChI is InChI=1S/C26H17BrN4O2S/c1-15-7-9-17(10-8-15)23-28-26-31(29-23)25(33)22(34-26)21-19-13-18(27)11-12-20(19)30(24(21)32)14-16-5-3-2-4-6-16/h2-13H,14H2,1H3. The fourth-order valence-corrected chi connectivity index (χ4v) is 5.52. The number of rotatable bonds is 3. The second-order valence-electron chi connectivity index (χ2n) is 8.15. The lowest BCUT2D eigenvalue weighted by atomic mass is 10.1. The molecule has 1 aliphatic rings. The molecule has 0 fully saturated rings. The van der Waals surface area contributed by atoms with Crippen LogP contribution < -0.4 is 15.0 Å². The quantitative estimate of drug-likeness (QED) is 0.349. The molecule has 3 heterocycles. The zero-order valence-electron chi connectivity index (χ0n) is 18.0. The predicted molar refractivity (Wildman–Crippen MR) is 137 cm³/mol. The molecule has 0 spiro atoms. The van der Waals surface area contributed by atoms with Gasteiger partial charge in [-0.25, -0.2) is 0 Å². The number of anilines is 1. The summed E-state index contributed by atoms with van der Waals surface area (Å²) in [5.74, 6) is 0.295. The van der Waals surface area contributed by atoms with Crippen LogP contribution in [0.2, 0.25) is 0 Å². The molecule has 166 valence electrons. The van der Waals surface area contributed by atoms with Gasteiger partial charge >= 0.3 is 0 Å². The molecule has 8 heteroatoms. The molecular formula is C26H17BrN4O2S. The van der Waals surface area contributed by atoms with Crippen molar-refractivity contribution in [1.29, 1.82) is 0 Å². The number of amides is 1. The summed E-state index contributed by atoms with van der Waals surface area (Å²) >= 11 is 4.71. The van der Waals surface area contributed by atoms with Gasteiger partial charge in [-0.3, -0.25) is 9.59 Å². The molecule has 1 aliphatic heterocycles. The highest BCUT2D eigenvalue weighted by Gasteiger charge is 2.34. The van der Waals surface area contributed by atoms with Crippen LogP contribution in [0.3, 0.4) is 0 Å². The molecule has 2 aromatic heterocycles. The minimum absolute atomic E-state index is 0.197. The Morgan fingerprint density at radius 2 is 1.74 bits per heavy atom. The molecule has 6 rings (SSSR count). The molecule has 0 saturated carbocycles. The first-order chi connectivity index (χ1) is 16.5. The van der Waals surface area contributed by atoms with Gasteiger partial charge in [0.05, 0.1) is 17.8 Å². The Hall–Kier alpha value is -3.62. The summed E-state index contributed by atoms with van der Waals surface area (Å²) in [4.78, 5) is 33.8. The SMILES string of the molecule is Cc1ccc(-c2nc3sc(=C4C(=O)N(Cc5ccccc5)c5ccc(Br)cc54)c(=O)n3n2)cc1. The number of aryl methyl sites for hydroxylation is 1. The number of thiazole rings is 1. The fourth-order valence-electron chi connectivity index (χ4n) is 4.16. The second kappa shape index (κ2) is 8.00. The zero-order chi connectivity index (χ0) is 23.4. The van der Waals surface area contributed by atoms with Crippen LogP contribution in [0.1, 0.15) is 16.7 Å². The summed E-state index contributed by atoms with van der Waals surface area (Å²) in [6, 6.07) is 23.4. The maximum Gasteiger partial charge on any atom is 0.291 e. The Morgan fingerprint density at radius 3 is 2.47 bits per heavy atom. The predicted octanol–water partition coefficient (Wildman–Crippen LogP) is 4.35. The molecule has 34 heavy (non-hydrogen) atoms. The van der Waals surface area contributed by atoms with Gasteiger partial charge in [0.15, 0.2) is 5.82 Å². The monoisotopic (exact) mass is 528 g/mol. The maximum atomic E-state index is 13.6. The van der Waals surface area contributed by atoms with Crippen molar-refractivity contribution in [3.8, 4) is 11.4 Å². The third kappa shape index (κ3) is 3.38. The van der Waals surface area contributed by atoms with Crippen molar-refractivity contribution in [1.82, 2.24) is 14.6 Å². The third-order valence-electron chi connectivity index (χ3n) is 5.86. The van der Waals surface area contributed by atoms with Crippen molar-refractivity contribution in [2.75, 3.05) is 4.90 Å². The van der Waals surface area contributed by atoms with Gasteiger partial charge in [-0.1, -0.05) is 87.4 Å². The number of carbonyl (C=O) groups is 1. The summed E-state index contributed by atoms with van der Waals surface area (Å²) in [5, 5.41) is 4.45. The number of nitrogens with zero attached hydrogens (tertiary/aromatic N) is 4. The van der Waals surface area contributed by atoms with E-state index in [-0.39, 0.29) is 11.5 Å². The largest absolute Gasteiger partial charge is 0.303 e. The van der Waals surface area contributed by atoms with Crippen LogP contribution in [-0.4, -0.2) is 20.5 Å². The summed E-state index contributed by atoms with van der Waals surface area (Å²) < 4.78 is 2.49. The number of fused-ring (bicyclic) bond motifs is 2. The normalized spacial score (nSPS) is 14.8.